The summed E-state index contributed by atoms with van der Waals surface area (Å²) in [6.45, 7) is 13.2. The van der Waals surface area contributed by atoms with Crippen molar-refractivity contribution in [3.05, 3.63) is 39.8 Å². The maximum Gasteiger partial charge on any atom is 0.324 e. The molecule has 0 bridgehead atoms. The minimum absolute atomic E-state index is 0.0441. The number of allylic oxidation sites excluding steroid dienone is 1. The van der Waals surface area contributed by atoms with Crippen LogP contribution in [0.5, 0.6) is 5.75 Å². The number of hydrogen-bond acceptors (Lipinski definition) is 3. The molecule has 3 rings (SSSR count). The van der Waals surface area contributed by atoms with E-state index < -0.39 is 0 Å². The lowest BCUT2D eigenvalue weighted by Crippen LogP contribution is -2.17. The Bertz CT molecular complexity index is 687. The Kier molecular flexibility index (Phi) is 3.91. The van der Waals surface area contributed by atoms with Crippen LogP contribution in [0.3, 0.4) is 0 Å². The molecule has 0 aromatic heterocycles. The van der Waals surface area contributed by atoms with Crippen LogP contribution >= 0.6 is 11.8 Å². The third kappa shape index (κ3) is 2.96. The number of fused-ring (bicyclic) bond motifs is 1. The van der Waals surface area contributed by atoms with Crippen LogP contribution in [0.1, 0.15) is 70.6 Å². The highest BCUT2D eigenvalue weighted by molar-refractivity contribution is 8.03. The average Bonchev–Trinajstić information content (AvgIpc) is 3.00. The van der Waals surface area contributed by atoms with Gasteiger partial charge in [-0.05, 0) is 27.7 Å². The fourth-order valence-electron chi connectivity index (χ4n) is 3.16. The fraction of sp³-hybridized carbons (Fsp3) is 0.550. The third-order valence-corrected chi connectivity index (χ3v) is 5.73. The SMILES string of the molecule is CC(C)(C)c1cc2c(c(C(C)(C)C)c1)OC(=O)C2C1=CCCS1. The van der Waals surface area contributed by atoms with Crippen LogP contribution in [0.25, 0.3) is 0 Å². The van der Waals surface area contributed by atoms with Crippen LogP contribution in [0.2, 0.25) is 0 Å². The van der Waals surface area contributed by atoms with Crippen molar-refractivity contribution in [3.63, 3.8) is 0 Å². The minimum atomic E-state index is -0.221. The smallest absolute Gasteiger partial charge is 0.324 e. The molecule has 0 saturated heterocycles. The van der Waals surface area contributed by atoms with E-state index in [2.05, 4.69) is 59.8 Å². The molecule has 0 N–H and O–H groups in total. The second-order valence-electron chi connectivity index (χ2n) is 8.54. The van der Waals surface area contributed by atoms with Crippen molar-refractivity contribution in [1.82, 2.24) is 0 Å². The summed E-state index contributed by atoms with van der Waals surface area (Å²) in [5.74, 6) is 1.53. The molecule has 2 aliphatic heterocycles. The van der Waals surface area contributed by atoms with Gasteiger partial charge in [0.15, 0.2) is 0 Å². The number of esters is 1. The fourth-order valence-corrected chi connectivity index (χ4v) is 4.26. The molecule has 0 aliphatic carbocycles. The summed E-state index contributed by atoms with van der Waals surface area (Å²) in [4.78, 5) is 13.7. The van der Waals surface area contributed by atoms with Crippen LogP contribution in [-0.4, -0.2) is 11.7 Å². The molecular formula is C20H26O2S. The van der Waals surface area contributed by atoms with E-state index in [1.807, 2.05) is 0 Å². The zero-order chi connectivity index (χ0) is 17.0. The predicted octanol–water partition coefficient (Wildman–Crippen LogP) is 5.31. The molecule has 1 atom stereocenters. The Morgan fingerprint density at radius 3 is 2.30 bits per heavy atom. The van der Waals surface area contributed by atoms with Crippen molar-refractivity contribution < 1.29 is 9.53 Å². The van der Waals surface area contributed by atoms with Crippen LogP contribution < -0.4 is 4.74 Å². The molecule has 1 aromatic rings. The van der Waals surface area contributed by atoms with Crippen LogP contribution in [0.4, 0.5) is 0 Å². The first-order valence-corrected chi connectivity index (χ1v) is 9.31. The number of thioether (sulfide) groups is 1. The van der Waals surface area contributed by atoms with Crippen LogP contribution in [0.15, 0.2) is 23.1 Å². The van der Waals surface area contributed by atoms with E-state index in [9.17, 15) is 4.79 Å². The number of carbonyl (C=O) groups excluding carboxylic acids is 1. The van der Waals surface area contributed by atoms with Crippen LogP contribution in [0, 0.1) is 0 Å². The summed E-state index contributed by atoms with van der Waals surface area (Å²) in [6.07, 6.45) is 3.25. The van der Waals surface area contributed by atoms with E-state index in [4.69, 9.17) is 4.74 Å². The van der Waals surface area contributed by atoms with Crippen molar-refractivity contribution in [2.24, 2.45) is 0 Å². The maximum atomic E-state index is 12.6. The van der Waals surface area contributed by atoms with Gasteiger partial charge in [0.25, 0.3) is 0 Å². The molecule has 2 aliphatic rings. The molecule has 2 nitrogen and oxygen atoms in total. The lowest BCUT2D eigenvalue weighted by Gasteiger charge is -2.27. The number of hydrogen-bond donors (Lipinski definition) is 0. The molecule has 0 saturated carbocycles. The average molecular weight is 330 g/mol. The minimum Gasteiger partial charge on any atom is -0.425 e. The Hall–Kier alpha value is -1.22. The van der Waals surface area contributed by atoms with E-state index in [1.54, 1.807) is 11.8 Å². The largest absolute Gasteiger partial charge is 0.425 e. The van der Waals surface area contributed by atoms with Gasteiger partial charge in [0, 0.05) is 16.9 Å². The summed E-state index contributed by atoms with van der Waals surface area (Å²) in [5, 5.41) is 0. The lowest BCUT2D eigenvalue weighted by atomic mass is 9.78. The van der Waals surface area contributed by atoms with Crippen molar-refractivity contribution in [2.45, 2.75) is 64.7 Å². The first-order valence-electron chi connectivity index (χ1n) is 8.32. The lowest BCUT2D eigenvalue weighted by molar-refractivity contribution is -0.133. The topological polar surface area (TPSA) is 26.3 Å². The normalized spacial score (nSPS) is 21.2. The summed E-state index contributed by atoms with van der Waals surface area (Å²) < 4.78 is 5.76. The van der Waals surface area contributed by atoms with Gasteiger partial charge >= 0.3 is 5.97 Å². The van der Waals surface area contributed by atoms with E-state index >= 15 is 0 Å². The van der Waals surface area contributed by atoms with Gasteiger partial charge in [0.2, 0.25) is 0 Å². The molecule has 0 radical (unpaired) electrons. The summed E-state index contributed by atoms with van der Waals surface area (Å²) in [6, 6.07) is 4.42. The van der Waals surface area contributed by atoms with Gasteiger partial charge < -0.3 is 4.74 Å². The van der Waals surface area contributed by atoms with Gasteiger partial charge in [-0.2, -0.15) is 0 Å². The molecule has 1 unspecified atom stereocenters. The molecule has 1 aromatic carbocycles. The standard InChI is InChI=1S/C20H26O2S/c1-19(2,3)12-10-13-16(15-8-7-9-23-15)18(21)22-17(13)14(11-12)20(4,5)6/h8,10-11,16H,7,9H2,1-6H3. The van der Waals surface area contributed by atoms with Gasteiger partial charge in [0.1, 0.15) is 11.7 Å². The highest BCUT2D eigenvalue weighted by atomic mass is 32.2. The number of rotatable bonds is 1. The highest BCUT2D eigenvalue weighted by Gasteiger charge is 2.41. The Morgan fingerprint density at radius 1 is 1.09 bits per heavy atom. The van der Waals surface area contributed by atoms with Gasteiger partial charge in [0.05, 0.1) is 0 Å². The number of carbonyl (C=O) groups is 1. The molecule has 2 heterocycles. The molecule has 124 valence electrons. The molecular weight excluding hydrogens is 304 g/mol. The highest BCUT2D eigenvalue weighted by Crippen LogP contribution is 2.50. The zero-order valence-electron chi connectivity index (χ0n) is 14.9. The molecule has 23 heavy (non-hydrogen) atoms. The van der Waals surface area contributed by atoms with E-state index in [0.29, 0.717) is 0 Å². The van der Waals surface area contributed by atoms with Crippen molar-refractivity contribution >= 4 is 17.7 Å². The monoisotopic (exact) mass is 330 g/mol. The maximum absolute atomic E-state index is 12.6. The predicted molar refractivity (Wildman–Crippen MR) is 97.4 cm³/mol. The quantitative estimate of drug-likeness (QED) is 0.516. The van der Waals surface area contributed by atoms with Gasteiger partial charge in [-0.3, -0.25) is 4.79 Å². The molecule has 0 fully saturated rings. The molecule has 3 heteroatoms. The Labute approximate surface area is 143 Å². The number of benzene rings is 1. The van der Waals surface area contributed by atoms with E-state index in [-0.39, 0.29) is 22.7 Å². The van der Waals surface area contributed by atoms with Crippen molar-refractivity contribution in [2.75, 3.05) is 5.75 Å². The second-order valence-corrected chi connectivity index (χ2v) is 9.71. The number of ether oxygens (including phenoxy) is 1. The Balaban J connectivity index is 2.22. The van der Waals surface area contributed by atoms with Gasteiger partial charge in [-0.15, -0.1) is 11.8 Å². The second kappa shape index (κ2) is 5.41. The first-order chi connectivity index (χ1) is 10.6. The van der Waals surface area contributed by atoms with Gasteiger partial charge in [-0.25, -0.2) is 0 Å². The van der Waals surface area contributed by atoms with Crippen molar-refractivity contribution in [3.8, 4) is 5.75 Å². The van der Waals surface area contributed by atoms with E-state index in [0.717, 1.165) is 29.1 Å². The first kappa shape index (κ1) is 16.6. The van der Waals surface area contributed by atoms with Crippen LogP contribution in [-0.2, 0) is 15.6 Å². The van der Waals surface area contributed by atoms with Crippen molar-refractivity contribution in [1.29, 1.82) is 0 Å². The zero-order valence-corrected chi connectivity index (χ0v) is 15.8. The summed E-state index contributed by atoms with van der Waals surface area (Å²) >= 11 is 1.79. The van der Waals surface area contributed by atoms with E-state index in [1.165, 1.54) is 10.5 Å². The summed E-state index contributed by atoms with van der Waals surface area (Å²) in [7, 11) is 0. The van der Waals surface area contributed by atoms with Gasteiger partial charge in [-0.1, -0.05) is 59.8 Å². The molecule has 0 spiro atoms. The summed E-state index contributed by atoms with van der Waals surface area (Å²) in [5.41, 5.74) is 3.46. The third-order valence-electron chi connectivity index (χ3n) is 4.56. The molecule has 0 amide bonds. The Morgan fingerprint density at radius 2 is 1.78 bits per heavy atom.